The zero-order valence-electron chi connectivity index (χ0n) is 8.87. The Balaban J connectivity index is 2.46. The first kappa shape index (κ1) is 12.2. The Bertz CT molecular complexity index is 490. The zero-order chi connectivity index (χ0) is 12.6. The van der Waals surface area contributed by atoms with Crippen molar-refractivity contribution in [2.45, 2.75) is 11.3 Å². The van der Waals surface area contributed by atoms with Gasteiger partial charge in [0.15, 0.2) is 0 Å². The van der Waals surface area contributed by atoms with Gasteiger partial charge in [-0.25, -0.2) is 0 Å². The number of nitrogens with one attached hydrogen (secondary N) is 1. The van der Waals surface area contributed by atoms with Crippen molar-refractivity contribution in [1.29, 1.82) is 0 Å². The summed E-state index contributed by atoms with van der Waals surface area (Å²) in [7, 11) is 1.51. The van der Waals surface area contributed by atoms with Gasteiger partial charge in [0.2, 0.25) is 11.8 Å². The smallest absolute Gasteiger partial charge is 0.245 e. The number of alkyl halides is 1. The number of rotatable bonds is 2. The fraction of sp³-hybridized carbons (Fsp3) is 0.273. The molecule has 2 amide bonds. The Morgan fingerprint density at radius 3 is 2.53 bits per heavy atom. The van der Waals surface area contributed by atoms with Crippen LogP contribution >= 0.6 is 23.2 Å². The third-order valence-corrected chi connectivity index (χ3v) is 3.40. The summed E-state index contributed by atoms with van der Waals surface area (Å²) in [6.45, 7) is 0. The van der Waals surface area contributed by atoms with Gasteiger partial charge in [-0.15, -0.1) is 11.6 Å². The van der Waals surface area contributed by atoms with Crippen LogP contribution in [-0.2, 0) is 9.59 Å². The monoisotopic (exact) mass is 273 g/mol. The Hall–Kier alpha value is -1.26. The number of ether oxygens (including phenoxy) is 1. The highest BCUT2D eigenvalue weighted by Crippen LogP contribution is 2.35. The summed E-state index contributed by atoms with van der Waals surface area (Å²) in [5.74, 6) is -1.15. The van der Waals surface area contributed by atoms with Crippen LogP contribution in [0.25, 0.3) is 0 Å². The molecular weight excluding hydrogens is 265 g/mol. The molecule has 0 radical (unpaired) electrons. The maximum absolute atomic E-state index is 11.6. The fourth-order valence-corrected chi connectivity index (χ4v) is 2.28. The Morgan fingerprint density at radius 1 is 1.29 bits per heavy atom. The first-order valence-electron chi connectivity index (χ1n) is 4.87. The van der Waals surface area contributed by atoms with Crippen LogP contribution in [0.3, 0.4) is 0 Å². The van der Waals surface area contributed by atoms with E-state index in [-0.39, 0.29) is 0 Å². The molecular formula is C11H9Cl2NO3. The van der Waals surface area contributed by atoms with Crippen molar-refractivity contribution >= 4 is 35.0 Å². The number of hydrogen-bond donors (Lipinski definition) is 1. The van der Waals surface area contributed by atoms with Gasteiger partial charge in [-0.1, -0.05) is 11.6 Å². The van der Waals surface area contributed by atoms with E-state index >= 15 is 0 Å². The quantitative estimate of drug-likeness (QED) is 0.659. The lowest BCUT2D eigenvalue weighted by atomic mass is 9.97. The molecule has 17 heavy (non-hydrogen) atoms. The molecule has 0 aliphatic carbocycles. The summed E-state index contributed by atoms with van der Waals surface area (Å²) >= 11 is 11.9. The summed E-state index contributed by atoms with van der Waals surface area (Å²) < 4.78 is 5.05. The standard InChI is InChI=1S/C11H9Cl2NO3/c1-17-5-2-3-7(12)6(4-5)8-9(13)11(16)14-10(8)15/h2-4,8-9H,1H3,(H,14,15,16). The topological polar surface area (TPSA) is 55.4 Å². The van der Waals surface area contributed by atoms with Gasteiger partial charge in [0, 0.05) is 5.02 Å². The summed E-state index contributed by atoms with van der Waals surface area (Å²) in [4.78, 5) is 22.9. The third kappa shape index (κ3) is 2.10. The number of carbonyl (C=O) groups excluding carboxylic acids is 2. The highest BCUT2D eigenvalue weighted by Gasteiger charge is 2.42. The predicted molar refractivity (Wildman–Crippen MR) is 63.5 cm³/mol. The number of halogens is 2. The second-order valence-corrected chi connectivity index (χ2v) is 4.50. The normalized spacial score (nSPS) is 23.7. The van der Waals surface area contributed by atoms with Crippen molar-refractivity contribution < 1.29 is 14.3 Å². The summed E-state index contributed by atoms with van der Waals surface area (Å²) in [5, 5.41) is 1.61. The van der Waals surface area contributed by atoms with Crippen LogP contribution in [0.5, 0.6) is 5.75 Å². The Kier molecular flexibility index (Phi) is 3.26. The molecule has 1 aliphatic heterocycles. The van der Waals surface area contributed by atoms with Gasteiger partial charge in [-0.3, -0.25) is 14.9 Å². The van der Waals surface area contributed by atoms with Gasteiger partial charge in [-0.05, 0) is 23.8 Å². The van der Waals surface area contributed by atoms with E-state index < -0.39 is 23.1 Å². The fourth-order valence-electron chi connectivity index (χ4n) is 1.74. The number of imide groups is 1. The maximum atomic E-state index is 11.6. The Labute approximate surface area is 108 Å². The minimum atomic E-state index is -0.938. The predicted octanol–water partition coefficient (Wildman–Crippen LogP) is 1.70. The molecule has 1 aromatic carbocycles. The molecule has 1 aliphatic rings. The molecule has 90 valence electrons. The van der Waals surface area contributed by atoms with Crippen LogP contribution in [0.4, 0.5) is 0 Å². The van der Waals surface area contributed by atoms with Crippen molar-refractivity contribution in [1.82, 2.24) is 5.32 Å². The van der Waals surface area contributed by atoms with Crippen molar-refractivity contribution in [3.63, 3.8) is 0 Å². The van der Waals surface area contributed by atoms with Crippen molar-refractivity contribution in [2.24, 2.45) is 0 Å². The molecule has 0 saturated carbocycles. The molecule has 1 heterocycles. The van der Waals surface area contributed by atoms with Crippen LogP contribution in [0.2, 0.25) is 5.02 Å². The van der Waals surface area contributed by atoms with Gasteiger partial charge in [0.1, 0.15) is 11.1 Å². The van der Waals surface area contributed by atoms with Crippen molar-refractivity contribution in [3.05, 3.63) is 28.8 Å². The van der Waals surface area contributed by atoms with Crippen LogP contribution in [-0.4, -0.2) is 24.3 Å². The second-order valence-electron chi connectivity index (χ2n) is 3.62. The van der Waals surface area contributed by atoms with E-state index in [4.69, 9.17) is 27.9 Å². The molecule has 0 aromatic heterocycles. The van der Waals surface area contributed by atoms with Gasteiger partial charge in [0.25, 0.3) is 0 Å². The lowest BCUT2D eigenvalue weighted by Gasteiger charge is -2.13. The SMILES string of the molecule is COc1ccc(Cl)c(C2C(=O)NC(=O)C2Cl)c1. The van der Waals surface area contributed by atoms with Gasteiger partial charge >= 0.3 is 0 Å². The number of amides is 2. The van der Waals surface area contributed by atoms with Gasteiger partial charge < -0.3 is 4.74 Å². The number of hydrogen-bond acceptors (Lipinski definition) is 3. The van der Waals surface area contributed by atoms with E-state index in [0.29, 0.717) is 16.3 Å². The van der Waals surface area contributed by atoms with Crippen LogP contribution in [0, 0.1) is 0 Å². The van der Waals surface area contributed by atoms with Crippen LogP contribution in [0.15, 0.2) is 18.2 Å². The van der Waals surface area contributed by atoms with Crippen molar-refractivity contribution in [2.75, 3.05) is 7.11 Å². The van der Waals surface area contributed by atoms with E-state index in [0.717, 1.165) is 0 Å². The molecule has 1 fully saturated rings. The first-order chi connectivity index (χ1) is 8.04. The molecule has 0 bridgehead atoms. The molecule has 6 heteroatoms. The average molecular weight is 274 g/mol. The number of carbonyl (C=O) groups is 2. The highest BCUT2D eigenvalue weighted by molar-refractivity contribution is 6.38. The molecule has 4 nitrogen and oxygen atoms in total. The molecule has 2 unspecified atom stereocenters. The number of methoxy groups -OCH3 is 1. The van der Waals surface area contributed by atoms with E-state index in [1.807, 2.05) is 0 Å². The molecule has 0 spiro atoms. The number of benzene rings is 1. The average Bonchev–Trinajstić information content (AvgIpc) is 2.55. The largest absolute Gasteiger partial charge is 0.497 e. The van der Waals surface area contributed by atoms with E-state index in [9.17, 15) is 9.59 Å². The molecule has 1 saturated heterocycles. The van der Waals surface area contributed by atoms with Crippen molar-refractivity contribution in [3.8, 4) is 5.75 Å². The van der Waals surface area contributed by atoms with Crippen LogP contribution in [0.1, 0.15) is 11.5 Å². The summed E-state index contributed by atoms with van der Waals surface area (Å²) in [6, 6.07) is 4.89. The minimum absolute atomic E-state index is 0.381. The third-order valence-electron chi connectivity index (χ3n) is 2.61. The van der Waals surface area contributed by atoms with E-state index in [1.54, 1.807) is 18.2 Å². The molecule has 1 aromatic rings. The van der Waals surface area contributed by atoms with Gasteiger partial charge in [-0.2, -0.15) is 0 Å². The minimum Gasteiger partial charge on any atom is -0.497 e. The summed E-state index contributed by atoms with van der Waals surface area (Å²) in [5.41, 5.74) is 0.495. The second kappa shape index (κ2) is 4.55. The first-order valence-corrected chi connectivity index (χ1v) is 5.68. The van der Waals surface area contributed by atoms with E-state index in [2.05, 4.69) is 5.32 Å². The zero-order valence-corrected chi connectivity index (χ0v) is 10.4. The maximum Gasteiger partial charge on any atom is 0.245 e. The summed E-state index contributed by atoms with van der Waals surface area (Å²) in [6.07, 6.45) is 0. The highest BCUT2D eigenvalue weighted by atomic mass is 35.5. The van der Waals surface area contributed by atoms with Gasteiger partial charge in [0.05, 0.1) is 13.0 Å². The molecule has 2 rings (SSSR count). The van der Waals surface area contributed by atoms with E-state index in [1.165, 1.54) is 7.11 Å². The Morgan fingerprint density at radius 2 is 2.00 bits per heavy atom. The molecule has 1 N–H and O–H groups in total. The lowest BCUT2D eigenvalue weighted by Crippen LogP contribution is -2.22. The molecule has 2 atom stereocenters. The van der Waals surface area contributed by atoms with Crippen LogP contribution < -0.4 is 10.1 Å². The lowest BCUT2D eigenvalue weighted by molar-refractivity contribution is -0.125.